The van der Waals surface area contributed by atoms with Crippen LogP contribution in [0.2, 0.25) is 0 Å². The van der Waals surface area contributed by atoms with Crippen LogP contribution in [0.15, 0.2) is 109 Å². The molecule has 2 nitrogen and oxygen atoms in total. The summed E-state index contributed by atoms with van der Waals surface area (Å²) in [5.74, 6) is 1.77. The molecule has 0 saturated carbocycles. The molecule has 0 saturated heterocycles. The number of ether oxygens (including phenoxy) is 2. The zero-order valence-electron chi connectivity index (χ0n) is 24.7. The molecule has 8 aromatic rings. The van der Waals surface area contributed by atoms with Gasteiger partial charge >= 0.3 is 0 Å². The summed E-state index contributed by atoms with van der Waals surface area (Å²) in [6.45, 7) is 4.77. The van der Waals surface area contributed by atoms with E-state index in [-0.39, 0.29) is 5.41 Å². The minimum absolute atomic E-state index is 0.151. The Morgan fingerprint density at radius 1 is 0.372 bits per heavy atom. The fraction of sp³-hybridized carbons (Fsp3) is 0.122. The summed E-state index contributed by atoms with van der Waals surface area (Å²) in [4.78, 5) is 0. The van der Waals surface area contributed by atoms with Gasteiger partial charge in [-0.25, -0.2) is 0 Å². The Hall–Kier alpha value is -5.08. The molecule has 43 heavy (non-hydrogen) atoms. The summed E-state index contributed by atoms with van der Waals surface area (Å²) >= 11 is 0. The van der Waals surface area contributed by atoms with E-state index in [1.165, 1.54) is 86.9 Å². The maximum Gasteiger partial charge on any atom is 0.119 e. The van der Waals surface area contributed by atoms with Crippen molar-refractivity contribution in [1.82, 2.24) is 0 Å². The van der Waals surface area contributed by atoms with E-state index < -0.39 is 0 Å². The molecule has 0 unspecified atom stereocenters. The molecule has 206 valence electrons. The van der Waals surface area contributed by atoms with Crippen molar-refractivity contribution in [3.63, 3.8) is 0 Å². The van der Waals surface area contributed by atoms with Crippen LogP contribution in [0.3, 0.4) is 0 Å². The Bertz CT molecular complexity index is 2330. The monoisotopic (exact) mass is 554 g/mol. The summed E-state index contributed by atoms with van der Waals surface area (Å²) in [5.41, 5.74) is 5.29. The molecule has 0 amide bonds. The van der Waals surface area contributed by atoms with Gasteiger partial charge in [-0.1, -0.05) is 74.5 Å². The van der Waals surface area contributed by atoms with Crippen molar-refractivity contribution in [3.05, 3.63) is 120 Å². The van der Waals surface area contributed by atoms with Crippen LogP contribution in [0.4, 0.5) is 0 Å². The molecule has 9 rings (SSSR count). The van der Waals surface area contributed by atoms with Gasteiger partial charge < -0.3 is 9.47 Å². The molecule has 8 aromatic carbocycles. The average Bonchev–Trinajstić information content (AvgIpc) is 3.27. The van der Waals surface area contributed by atoms with E-state index in [0.717, 1.165) is 11.5 Å². The Morgan fingerprint density at radius 2 is 0.698 bits per heavy atom. The van der Waals surface area contributed by atoms with E-state index in [4.69, 9.17) is 9.47 Å². The van der Waals surface area contributed by atoms with Gasteiger partial charge in [-0.05, 0) is 135 Å². The Balaban J connectivity index is 1.42. The van der Waals surface area contributed by atoms with Crippen molar-refractivity contribution in [2.45, 2.75) is 19.3 Å². The van der Waals surface area contributed by atoms with Crippen molar-refractivity contribution < 1.29 is 9.47 Å². The lowest BCUT2D eigenvalue weighted by atomic mass is 9.80. The first kappa shape index (κ1) is 24.5. The molecule has 0 bridgehead atoms. The molecule has 0 fully saturated rings. The van der Waals surface area contributed by atoms with Crippen LogP contribution >= 0.6 is 0 Å². The lowest BCUT2D eigenvalue weighted by molar-refractivity contribution is 0.415. The van der Waals surface area contributed by atoms with Crippen molar-refractivity contribution in [1.29, 1.82) is 0 Å². The Labute approximate surface area is 250 Å². The molecule has 0 N–H and O–H groups in total. The molecule has 1 aliphatic carbocycles. The third-order valence-corrected chi connectivity index (χ3v) is 10.0. The smallest absolute Gasteiger partial charge is 0.119 e. The first-order valence-electron chi connectivity index (χ1n) is 14.9. The van der Waals surface area contributed by atoms with Crippen molar-refractivity contribution in [2.24, 2.45) is 0 Å². The molecular formula is C41H30O2. The predicted molar refractivity (Wildman–Crippen MR) is 182 cm³/mol. The van der Waals surface area contributed by atoms with Gasteiger partial charge in [0, 0.05) is 5.41 Å². The largest absolute Gasteiger partial charge is 0.497 e. The van der Waals surface area contributed by atoms with E-state index in [1.807, 2.05) is 0 Å². The number of hydrogen-bond acceptors (Lipinski definition) is 2. The zero-order chi connectivity index (χ0) is 29.0. The third-order valence-electron chi connectivity index (χ3n) is 10.0. The number of rotatable bonds is 2. The minimum atomic E-state index is -0.151. The highest BCUT2D eigenvalue weighted by Gasteiger charge is 2.36. The standard InChI is InChI=1S/C41H30O2/c1-41(2)39-21-35-29-15-13-23(42-3)17-31(29)25-9-5-7-11-27(25)33(35)19-37(39)38-20-34-28-12-8-6-10-26(28)32-18-24(43-4)14-16-30(32)36(34)22-40(38)41/h5-22H,1-4H3. The topological polar surface area (TPSA) is 18.5 Å². The highest BCUT2D eigenvalue weighted by molar-refractivity contribution is 6.28. The second kappa shape index (κ2) is 8.49. The second-order valence-corrected chi connectivity index (χ2v) is 12.4. The van der Waals surface area contributed by atoms with Gasteiger partial charge in [0.25, 0.3) is 0 Å². The maximum atomic E-state index is 5.64. The van der Waals surface area contributed by atoms with Crippen molar-refractivity contribution in [3.8, 4) is 22.6 Å². The molecule has 0 aromatic heterocycles. The highest BCUT2D eigenvalue weighted by Crippen LogP contribution is 2.53. The van der Waals surface area contributed by atoms with Crippen molar-refractivity contribution >= 4 is 64.6 Å². The molecule has 0 aliphatic heterocycles. The molecule has 0 radical (unpaired) electrons. The third kappa shape index (κ3) is 3.18. The summed E-state index contributed by atoms with van der Waals surface area (Å²) in [5, 5.41) is 15.2. The zero-order valence-corrected chi connectivity index (χ0v) is 24.7. The SMILES string of the molecule is COc1ccc2c(c1)c1ccccc1c1cc3c(cc21)C(C)(C)c1cc2c4ccc(OC)cc4c4ccccc4c2cc1-3. The van der Waals surface area contributed by atoms with Gasteiger partial charge in [0.2, 0.25) is 0 Å². The maximum absolute atomic E-state index is 5.64. The molecule has 0 spiro atoms. The van der Waals surface area contributed by atoms with E-state index in [1.54, 1.807) is 14.2 Å². The average molecular weight is 555 g/mol. The number of hydrogen-bond donors (Lipinski definition) is 0. The first-order valence-corrected chi connectivity index (χ1v) is 14.9. The minimum Gasteiger partial charge on any atom is -0.497 e. The predicted octanol–water partition coefficient (Wildman–Crippen LogP) is 10.9. The first-order chi connectivity index (χ1) is 21.0. The number of methoxy groups -OCH3 is 2. The molecule has 0 heterocycles. The Kier molecular flexibility index (Phi) is 4.84. The van der Waals surface area contributed by atoms with Gasteiger partial charge in [0.15, 0.2) is 0 Å². The lowest BCUT2D eigenvalue weighted by Crippen LogP contribution is -2.15. The van der Waals surface area contributed by atoms with Crippen LogP contribution in [0.5, 0.6) is 11.5 Å². The van der Waals surface area contributed by atoms with Gasteiger partial charge in [-0.3, -0.25) is 0 Å². The molecule has 0 atom stereocenters. The van der Waals surface area contributed by atoms with E-state index >= 15 is 0 Å². The Morgan fingerprint density at radius 3 is 1.07 bits per heavy atom. The lowest BCUT2D eigenvalue weighted by Gasteiger charge is -2.23. The van der Waals surface area contributed by atoms with E-state index in [2.05, 4.69) is 123 Å². The summed E-state index contributed by atoms with van der Waals surface area (Å²) in [7, 11) is 3.48. The summed E-state index contributed by atoms with van der Waals surface area (Å²) < 4.78 is 11.3. The highest BCUT2D eigenvalue weighted by atomic mass is 16.5. The quantitative estimate of drug-likeness (QED) is 0.198. The van der Waals surface area contributed by atoms with Crippen LogP contribution in [0, 0.1) is 0 Å². The fourth-order valence-corrected chi connectivity index (χ4v) is 7.84. The molecule has 2 heteroatoms. The van der Waals surface area contributed by atoms with E-state index in [9.17, 15) is 0 Å². The number of benzene rings is 8. The van der Waals surface area contributed by atoms with Gasteiger partial charge in [0.05, 0.1) is 14.2 Å². The normalized spacial score (nSPS) is 13.8. The molecule has 1 aliphatic rings. The van der Waals surface area contributed by atoms with E-state index in [0.29, 0.717) is 0 Å². The van der Waals surface area contributed by atoms with Crippen LogP contribution in [-0.4, -0.2) is 14.2 Å². The second-order valence-electron chi connectivity index (χ2n) is 12.4. The van der Waals surface area contributed by atoms with Gasteiger partial charge in [-0.15, -0.1) is 0 Å². The van der Waals surface area contributed by atoms with Crippen LogP contribution in [-0.2, 0) is 5.41 Å². The van der Waals surface area contributed by atoms with Crippen LogP contribution in [0.25, 0.3) is 75.8 Å². The number of fused-ring (bicyclic) bond motifs is 15. The van der Waals surface area contributed by atoms with Gasteiger partial charge in [-0.2, -0.15) is 0 Å². The van der Waals surface area contributed by atoms with Crippen LogP contribution in [0.1, 0.15) is 25.0 Å². The fourth-order valence-electron chi connectivity index (χ4n) is 7.84. The summed E-state index contributed by atoms with van der Waals surface area (Å²) in [6.07, 6.45) is 0. The van der Waals surface area contributed by atoms with Crippen LogP contribution < -0.4 is 9.47 Å². The van der Waals surface area contributed by atoms with Gasteiger partial charge in [0.1, 0.15) is 11.5 Å². The molecular weight excluding hydrogens is 524 g/mol. The van der Waals surface area contributed by atoms with Crippen molar-refractivity contribution in [2.75, 3.05) is 14.2 Å². The summed E-state index contributed by atoms with van der Waals surface area (Å²) in [6, 6.07) is 40.4.